The highest BCUT2D eigenvalue weighted by Crippen LogP contribution is 2.22. The molecule has 0 bridgehead atoms. The molecule has 4 rings (SSSR count). The molecular weight excluding hydrogens is 407 g/mol. The highest BCUT2D eigenvalue weighted by molar-refractivity contribution is 5.80. The molecule has 2 aromatic rings. The molecule has 32 heavy (non-hydrogen) atoms. The number of nitrogens with zero attached hydrogens (tertiary/aromatic N) is 3. The van der Waals surface area contributed by atoms with Crippen LogP contribution in [0, 0.1) is 5.82 Å². The first-order chi connectivity index (χ1) is 15.7. The van der Waals surface area contributed by atoms with Gasteiger partial charge in [0.15, 0.2) is 5.96 Å². The van der Waals surface area contributed by atoms with Gasteiger partial charge in [-0.3, -0.25) is 0 Å². The minimum absolute atomic E-state index is 0.191. The highest BCUT2D eigenvalue weighted by atomic mass is 19.1. The van der Waals surface area contributed by atoms with Gasteiger partial charge in [-0.2, -0.15) is 0 Å². The second kappa shape index (κ2) is 11.2. The van der Waals surface area contributed by atoms with Crippen molar-refractivity contribution >= 4 is 11.6 Å². The van der Waals surface area contributed by atoms with E-state index in [-0.39, 0.29) is 11.9 Å². The van der Waals surface area contributed by atoms with E-state index >= 15 is 0 Å². The number of benzene rings is 2. The van der Waals surface area contributed by atoms with Crippen molar-refractivity contribution in [1.82, 2.24) is 10.2 Å². The fraction of sp³-hybridized carbons (Fsp3) is 0.480. The molecule has 2 aromatic carbocycles. The lowest BCUT2D eigenvalue weighted by Crippen LogP contribution is -2.47. The monoisotopic (exact) mass is 440 g/mol. The first-order valence-corrected chi connectivity index (χ1v) is 11.6. The van der Waals surface area contributed by atoms with E-state index in [2.05, 4.69) is 17.1 Å². The molecule has 0 saturated carbocycles. The molecule has 0 atom stereocenters. The van der Waals surface area contributed by atoms with Crippen molar-refractivity contribution in [3.05, 3.63) is 59.9 Å². The van der Waals surface area contributed by atoms with Crippen molar-refractivity contribution in [2.75, 3.05) is 50.8 Å². The lowest BCUT2D eigenvalue weighted by Gasteiger charge is -2.34. The molecule has 0 aromatic heterocycles. The summed E-state index contributed by atoms with van der Waals surface area (Å²) >= 11 is 0. The Kier molecular flexibility index (Phi) is 7.82. The first-order valence-electron chi connectivity index (χ1n) is 11.6. The standard InChI is InChI=1S/C25H33FN4O2/c1-2-27-25(30-12-10-22(11-13-30)32-21-6-4-3-5-7-21)28-19-20-8-9-24(23(26)18-20)29-14-16-31-17-15-29/h3-9,18,22H,2,10-17,19H2,1H3,(H,27,28). The van der Waals surface area contributed by atoms with Gasteiger partial charge >= 0.3 is 0 Å². The molecule has 7 heteroatoms. The number of nitrogens with one attached hydrogen (secondary N) is 1. The van der Waals surface area contributed by atoms with Crippen LogP contribution >= 0.6 is 0 Å². The van der Waals surface area contributed by atoms with Gasteiger partial charge in [0.2, 0.25) is 0 Å². The van der Waals surface area contributed by atoms with Crippen molar-refractivity contribution in [1.29, 1.82) is 0 Å². The fourth-order valence-electron chi connectivity index (χ4n) is 4.18. The van der Waals surface area contributed by atoms with E-state index in [1.54, 1.807) is 6.07 Å². The summed E-state index contributed by atoms with van der Waals surface area (Å²) in [6.45, 7) is 7.81. The Hall–Kier alpha value is -2.80. The number of ether oxygens (including phenoxy) is 2. The van der Waals surface area contributed by atoms with Crippen LogP contribution in [0.1, 0.15) is 25.3 Å². The zero-order valence-electron chi connectivity index (χ0n) is 18.8. The van der Waals surface area contributed by atoms with Gasteiger partial charge in [0, 0.05) is 45.6 Å². The zero-order chi connectivity index (χ0) is 22.2. The lowest BCUT2D eigenvalue weighted by atomic mass is 10.1. The zero-order valence-corrected chi connectivity index (χ0v) is 18.8. The average molecular weight is 441 g/mol. The number of morpholine rings is 1. The number of hydrogen-bond donors (Lipinski definition) is 1. The quantitative estimate of drug-likeness (QED) is 0.549. The van der Waals surface area contributed by atoms with Crippen LogP contribution in [0.4, 0.5) is 10.1 Å². The van der Waals surface area contributed by atoms with Crippen LogP contribution in [0.25, 0.3) is 0 Å². The number of piperidine rings is 1. The summed E-state index contributed by atoms with van der Waals surface area (Å²) in [4.78, 5) is 9.10. The van der Waals surface area contributed by atoms with Gasteiger partial charge < -0.3 is 24.6 Å². The highest BCUT2D eigenvalue weighted by Gasteiger charge is 2.23. The molecule has 0 spiro atoms. The predicted octanol–water partition coefficient (Wildman–Crippen LogP) is 3.67. The molecule has 2 fully saturated rings. The minimum Gasteiger partial charge on any atom is -0.490 e. The van der Waals surface area contributed by atoms with Crippen molar-refractivity contribution in [3.63, 3.8) is 0 Å². The number of aliphatic imine (C=N–C) groups is 1. The van der Waals surface area contributed by atoms with E-state index in [9.17, 15) is 4.39 Å². The van der Waals surface area contributed by atoms with Gasteiger partial charge in [0.25, 0.3) is 0 Å². The Morgan fingerprint density at radius 3 is 2.53 bits per heavy atom. The average Bonchev–Trinajstić information content (AvgIpc) is 2.84. The Balaban J connectivity index is 1.34. The summed E-state index contributed by atoms with van der Waals surface area (Å²) in [5, 5.41) is 3.38. The van der Waals surface area contributed by atoms with Crippen LogP contribution in [0.3, 0.4) is 0 Å². The SMILES string of the molecule is CCNC(=NCc1ccc(N2CCOCC2)c(F)c1)N1CCC(Oc2ccccc2)CC1. The van der Waals surface area contributed by atoms with Crippen LogP contribution in [-0.4, -0.2) is 62.9 Å². The maximum Gasteiger partial charge on any atom is 0.194 e. The Labute approximate surface area is 190 Å². The van der Waals surface area contributed by atoms with Crippen LogP contribution in [-0.2, 0) is 11.3 Å². The third-order valence-corrected chi connectivity index (χ3v) is 5.90. The van der Waals surface area contributed by atoms with Gasteiger partial charge in [0.1, 0.15) is 17.7 Å². The van der Waals surface area contributed by atoms with Crippen LogP contribution < -0.4 is 15.0 Å². The molecule has 0 aliphatic carbocycles. The van der Waals surface area contributed by atoms with Crippen molar-refractivity contribution in [3.8, 4) is 5.75 Å². The van der Waals surface area contributed by atoms with E-state index in [1.165, 1.54) is 0 Å². The summed E-state index contributed by atoms with van der Waals surface area (Å²) < 4.78 is 26.2. The van der Waals surface area contributed by atoms with Gasteiger partial charge in [-0.15, -0.1) is 0 Å². The largest absolute Gasteiger partial charge is 0.490 e. The Bertz CT molecular complexity index is 879. The van der Waals surface area contributed by atoms with Crippen molar-refractivity contribution in [2.45, 2.75) is 32.4 Å². The molecule has 2 aliphatic heterocycles. The molecular formula is C25H33FN4O2. The van der Waals surface area contributed by atoms with E-state index in [4.69, 9.17) is 14.5 Å². The minimum atomic E-state index is -0.191. The van der Waals surface area contributed by atoms with Gasteiger partial charge in [-0.05, 0) is 36.8 Å². The molecule has 2 aliphatic rings. The molecule has 2 saturated heterocycles. The van der Waals surface area contributed by atoms with E-state index in [1.807, 2.05) is 47.4 Å². The summed E-state index contributed by atoms with van der Waals surface area (Å²) in [7, 11) is 0. The van der Waals surface area contributed by atoms with Crippen LogP contribution in [0.15, 0.2) is 53.5 Å². The molecule has 0 radical (unpaired) electrons. The topological polar surface area (TPSA) is 49.3 Å². The number of guanidine groups is 1. The third kappa shape index (κ3) is 5.91. The summed E-state index contributed by atoms with van der Waals surface area (Å²) in [6.07, 6.45) is 2.11. The molecule has 0 unspecified atom stereocenters. The van der Waals surface area contributed by atoms with Crippen LogP contribution in [0.2, 0.25) is 0 Å². The van der Waals surface area contributed by atoms with E-state index in [0.29, 0.717) is 25.4 Å². The number of rotatable bonds is 6. The number of halogens is 1. The van der Waals surface area contributed by atoms with Crippen molar-refractivity contribution in [2.24, 2.45) is 4.99 Å². The number of anilines is 1. The van der Waals surface area contributed by atoms with Gasteiger partial charge in [0.05, 0.1) is 25.4 Å². The molecule has 1 N–H and O–H groups in total. The lowest BCUT2D eigenvalue weighted by molar-refractivity contribution is 0.122. The third-order valence-electron chi connectivity index (χ3n) is 5.90. The molecule has 172 valence electrons. The number of hydrogen-bond acceptors (Lipinski definition) is 4. The first kappa shape index (κ1) is 22.4. The Morgan fingerprint density at radius 1 is 1.09 bits per heavy atom. The molecule has 0 amide bonds. The Morgan fingerprint density at radius 2 is 1.84 bits per heavy atom. The summed E-state index contributed by atoms with van der Waals surface area (Å²) in [5.41, 5.74) is 1.52. The number of likely N-dealkylation sites (tertiary alicyclic amines) is 1. The second-order valence-corrected chi connectivity index (χ2v) is 8.17. The maximum atomic E-state index is 14.7. The van der Waals surface area contributed by atoms with Crippen LogP contribution in [0.5, 0.6) is 5.75 Å². The van der Waals surface area contributed by atoms with Gasteiger partial charge in [-0.25, -0.2) is 9.38 Å². The summed E-state index contributed by atoms with van der Waals surface area (Å²) in [6, 6.07) is 15.4. The smallest absolute Gasteiger partial charge is 0.194 e. The molecule has 2 heterocycles. The molecule has 6 nitrogen and oxygen atoms in total. The normalized spacial score (nSPS) is 18.0. The van der Waals surface area contributed by atoms with E-state index < -0.39 is 0 Å². The van der Waals surface area contributed by atoms with Gasteiger partial charge in [-0.1, -0.05) is 24.3 Å². The predicted molar refractivity (Wildman–Crippen MR) is 126 cm³/mol. The maximum absolute atomic E-state index is 14.7. The van der Waals surface area contributed by atoms with E-state index in [0.717, 1.165) is 62.8 Å². The summed E-state index contributed by atoms with van der Waals surface area (Å²) in [5.74, 6) is 1.61. The van der Waals surface area contributed by atoms with Crippen molar-refractivity contribution < 1.29 is 13.9 Å². The fourth-order valence-corrected chi connectivity index (χ4v) is 4.18. The number of para-hydroxylation sites is 1. The second-order valence-electron chi connectivity index (χ2n) is 8.17.